The van der Waals surface area contributed by atoms with E-state index in [1.807, 2.05) is 25.8 Å². The highest BCUT2D eigenvalue weighted by Gasteiger charge is 2.09. The Balaban J connectivity index is 3.27. The van der Waals surface area contributed by atoms with Crippen molar-refractivity contribution in [2.75, 3.05) is 13.6 Å². The summed E-state index contributed by atoms with van der Waals surface area (Å²) in [5.41, 5.74) is 0. The van der Waals surface area contributed by atoms with E-state index < -0.39 is 0 Å². The van der Waals surface area contributed by atoms with Gasteiger partial charge in [0.15, 0.2) is 0 Å². The molecule has 0 N–H and O–H groups in total. The molecule has 0 saturated carbocycles. The smallest absolute Gasteiger partial charge is 0.222 e. The molecule has 0 aromatic carbocycles. The van der Waals surface area contributed by atoms with E-state index in [9.17, 15) is 9.59 Å². The summed E-state index contributed by atoms with van der Waals surface area (Å²) in [6.45, 7) is 9.16. The van der Waals surface area contributed by atoms with Crippen LogP contribution in [-0.4, -0.2) is 30.2 Å². The summed E-state index contributed by atoms with van der Waals surface area (Å²) in [6.07, 6.45) is 16.6. The number of ketones is 1. The van der Waals surface area contributed by atoms with Gasteiger partial charge in [0.1, 0.15) is 5.78 Å². The van der Waals surface area contributed by atoms with Gasteiger partial charge in [-0.05, 0) is 18.8 Å². The maximum Gasteiger partial charge on any atom is 0.222 e. The minimum Gasteiger partial charge on any atom is -0.346 e. The number of amides is 1. The van der Waals surface area contributed by atoms with Gasteiger partial charge >= 0.3 is 0 Å². The van der Waals surface area contributed by atoms with E-state index >= 15 is 0 Å². The molecular formula is C24H47NO2. The van der Waals surface area contributed by atoms with E-state index in [1.54, 1.807) is 0 Å². The van der Waals surface area contributed by atoms with E-state index in [0.717, 1.165) is 25.8 Å². The van der Waals surface area contributed by atoms with Crippen molar-refractivity contribution in [3.05, 3.63) is 0 Å². The van der Waals surface area contributed by atoms with Gasteiger partial charge in [-0.15, -0.1) is 0 Å². The molecule has 3 nitrogen and oxygen atoms in total. The third-order valence-corrected chi connectivity index (χ3v) is 5.27. The number of hydrogen-bond acceptors (Lipinski definition) is 2. The lowest BCUT2D eigenvalue weighted by Gasteiger charge is -2.19. The van der Waals surface area contributed by atoms with Crippen LogP contribution in [0.2, 0.25) is 0 Å². The molecule has 0 aliphatic heterocycles. The molecule has 0 bridgehead atoms. The second kappa shape index (κ2) is 17.3. The summed E-state index contributed by atoms with van der Waals surface area (Å²) in [6, 6.07) is 0. The normalized spacial score (nSPS) is 11.4. The second-order valence-electron chi connectivity index (χ2n) is 9.03. The molecule has 0 aromatic rings. The van der Waals surface area contributed by atoms with Crippen LogP contribution in [0.5, 0.6) is 0 Å². The monoisotopic (exact) mass is 381 g/mol. The van der Waals surface area contributed by atoms with Crippen LogP contribution in [0.4, 0.5) is 0 Å². The van der Waals surface area contributed by atoms with Crippen molar-refractivity contribution in [2.24, 2.45) is 11.8 Å². The number of nitrogens with zero attached hydrogens (tertiary/aromatic N) is 1. The van der Waals surface area contributed by atoms with Crippen molar-refractivity contribution < 1.29 is 9.59 Å². The first kappa shape index (κ1) is 26.1. The van der Waals surface area contributed by atoms with E-state index in [0.29, 0.717) is 24.0 Å². The molecule has 160 valence electrons. The highest BCUT2D eigenvalue weighted by Crippen LogP contribution is 2.14. The van der Waals surface area contributed by atoms with Crippen molar-refractivity contribution in [1.82, 2.24) is 4.90 Å². The van der Waals surface area contributed by atoms with E-state index in [4.69, 9.17) is 0 Å². The van der Waals surface area contributed by atoms with Gasteiger partial charge in [0.2, 0.25) is 5.91 Å². The second-order valence-corrected chi connectivity index (χ2v) is 9.03. The molecular weight excluding hydrogens is 334 g/mol. The third-order valence-electron chi connectivity index (χ3n) is 5.27. The molecule has 0 aromatic heterocycles. The topological polar surface area (TPSA) is 37.4 Å². The van der Waals surface area contributed by atoms with Gasteiger partial charge in [-0.1, -0.05) is 91.9 Å². The van der Waals surface area contributed by atoms with Gasteiger partial charge < -0.3 is 4.90 Å². The molecule has 0 saturated heterocycles. The lowest BCUT2D eigenvalue weighted by atomic mass is 10.0. The lowest BCUT2D eigenvalue weighted by molar-refractivity contribution is -0.130. The largest absolute Gasteiger partial charge is 0.346 e. The Morgan fingerprint density at radius 3 is 1.37 bits per heavy atom. The number of Topliss-reactive ketones (excluding diaryl/α,β-unsaturated/α-hetero) is 1. The predicted octanol–water partition coefficient (Wildman–Crippen LogP) is 6.79. The maximum absolute atomic E-state index is 12.0. The Morgan fingerprint density at radius 2 is 1.00 bits per heavy atom. The molecule has 0 aliphatic rings. The van der Waals surface area contributed by atoms with Crippen molar-refractivity contribution >= 4 is 11.7 Å². The number of carbonyl (C=O) groups is 2. The average Bonchev–Trinajstić information content (AvgIpc) is 2.60. The summed E-state index contributed by atoms with van der Waals surface area (Å²) in [4.78, 5) is 25.4. The van der Waals surface area contributed by atoms with Crippen LogP contribution in [0.25, 0.3) is 0 Å². The first-order valence-corrected chi connectivity index (χ1v) is 11.6. The van der Waals surface area contributed by atoms with Crippen molar-refractivity contribution in [3.63, 3.8) is 0 Å². The van der Waals surface area contributed by atoms with E-state index in [2.05, 4.69) is 13.8 Å². The molecule has 0 atom stereocenters. The first-order valence-electron chi connectivity index (χ1n) is 11.6. The Morgan fingerprint density at radius 1 is 0.630 bits per heavy atom. The van der Waals surface area contributed by atoms with Gasteiger partial charge in [-0.3, -0.25) is 9.59 Å². The van der Waals surface area contributed by atoms with Crippen LogP contribution >= 0.6 is 0 Å². The molecule has 0 aliphatic carbocycles. The molecule has 0 rings (SSSR count). The van der Waals surface area contributed by atoms with Gasteiger partial charge in [0, 0.05) is 32.4 Å². The number of rotatable bonds is 18. The minimum atomic E-state index is 0.205. The van der Waals surface area contributed by atoms with E-state index in [1.165, 1.54) is 64.2 Å². The van der Waals surface area contributed by atoms with Crippen LogP contribution in [0.3, 0.4) is 0 Å². The molecule has 0 fully saturated rings. The highest BCUT2D eigenvalue weighted by atomic mass is 16.2. The van der Waals surface area contributed by atoms with Gasteiger partial charge in [-0.25, -0.2) is 0 Å². The number of carbonyl (C=O) groups excluding carboxylic acids is 2. The fourth-order valence-corrected chi connectivity index (χ4v) is 3.47. The average molecular weight is 382 g/mol. The molecule has 0 radical (unpaired) electrons. The Hall–Kier alpha value is -0.860. The van der Waals surface area contributed by atoms with Gasteiger partial charge in [0.05, 0.1) is 0 Å². The minimum absolute atomic E-state index is 0.205. The van der Waals surface area contributed by atoms with Crippen LogP contribution in [0.1, 0.15) is 118 Å². The molecule has 0 unspecified atom stereocenters. The summed E-state index contributed by atoms with van der Waals surface area (Å²) < 4.78 is 0. The quantitative estimate of drug-likeness (QED) is 0.245. The van der Waals surface area contributed by atoms with Crippen molar-refractivity contribution in [3.8, 4) is 0 Å². The van der Waals surface area contributed by atoms with Crippen molar-refractivity contribution in [1.29, 1.82) is 0 Å². The Bertz CT molecular complexity index is 377. The summed E-state index contributed by atoms with van der Waals surface area (Å²) in [5, 5.41) is 0. The predicted molar refractivity (Wildman–Crippen MR) is 117 cm³/mol. The molecule has 27 heavy (non-hydrogen) atoms. The third kappa shape index (κ3) is 17.0. The Labute approximate surface area is 169 Å². The molecule has 0 spiro atoms. The van der Waals surface area contributed by atoms with Crippen LogP contribution in [-0.2, 0) is 9.59 Å². The SMILES string of the molecule is CC(C)CN(C)C(=O)CCCCCCCCCCCCCCC(=O)C(C)C. The fraction of sp³-hybridized carbons (Fsp3) is 0.917. The fourth-order valence-electron chi connectivity index (χ4n) is 3.47. The molecule has 3 heteroatoms. The van der Waals surface area contributed by atoms with Crippen LogP contribution in [0.15, 0.2) is 0 Å². The first-order chi connectivity index (χ1) is 12.8. The molecule has 1 amide bonds. The molecule has 0 heterocycles. The van der Waals surface area contributed by atoms with E-state index in [-0.39, 0.29) is 5.92 Å². The summed E-state index contributed by atoms with van der Waals surface area (Å²) >= 11 is 0. The number of hydrogen-bond donors (Lipinski definition) is 0. The zero-order valence-corrected chi connectivity index (χ0v) is 19.0. The standard InChI is InChI=1S/C24H47NO2/c1-21(2)20-25(5)24(27)19-17-15-13-11-9-7-6-8-10-12-14-16-18-23(26)22(3)4/h21-22H,6-20H2,1-5H3. The highest BCUT2D eigenvalue weighted by molar-refractivity contribution is 5.80. The Kier molecular flexibility index (Phi) is 16.7. The number of unbranched alkanes of at least 4 members (excludes halogenated alkanes) is 11. The summed E-state index contributed by atoms with van der Waals surface area (Å²) in [5.74, 6) is 1.48. The van der Waals surface area contributed by atoms with Crippen molar-refractivity contribution in [2.45, 2.75) is 118 Å². The summed E-state index contributed by atoms with van der Waals surface area (Å²) in [7, 11) is 1.92. The van der Waals surface area contributed by atoms with Gasteiger partial charge in [0.25, 0.3) is 0 Å². The van der Waals surface area contributed by atoms with Gasteiger partial charge in [-0.2, -0.15) is 0 Å². The maximum atomic E-state index is 12.0. The lowest BCUT2D eigenvalue weighted by Crippen LogP contribution is -2.29. The zero-order chi connectivity index (χ0) is 20.5. The zero-order valence-electron chi connectivity index (χ0n) is 19.0. The van der Waals surface area contributed by atoms with Crippen LogP contribution in [0, 0.1) is 11.8 Å². The van der Waals surface area contributed by atoms with Crippen LogP contribution < -0.4 is 0 Å².